The van der Waals surface area contributed by atoms with Crippen LogP contribution in [-0.4, -0.2) is 41.8 Å². The first kappa shape index (κ1) is 15.8. The Kier molecular flexibility index (Phi) is 4.13. The second-order valence-electron chi connectivity index (χ2n) is 8.70. The normalized spacial score (nSPS) is 35.1. The minimum absolute atomic E-state index is 0.0394. The molecule has 1 aliphatic heterocycles. The molecule has 21 heavy (non-hydrogen) atoms. The van der Waals surface area contributed by atoms with E-state index in [4.69, 9.17) is 10.5 Å². The fourth-order valence-corrected chi connectivity index (χ4v) is 5.34. The Bertz CT molecular complexity index is 363. The Balaban J connectivity index is 1.72. The van der Waals surface area contributed by atoms with Gasteiger partial charge >= 0.3 is 0 Å². The predicted octanol–water partition coefficient (Wildman–Crippen LogP) is 3.32. The molecule has 3 fully saturated rings. The lowest BCUT2D eigenvalue weighted by Gasteiger charge is -2.55. The van der Waals surface area contributed by atoms with Crippen LogP contribution in [0.4, 0.5) is 0 Å². The maximum atomic E-state index is 6.31. The van der Waals surface area contributed by atoms with Crippen molar-refractivity contribution < 1.29 is 4.74 Å². The van der Waals surface area contributed by atoms with E-state index >= 15 is 0 Å². The Labute approximate surface area is 130 Å². The third-order valence-electron chi connectivity index (χ3n) is 6.53. The summed E-state index contributed by atoms with van der Waals surface area (Å²) in [5, 5.41) is 0. The van der Waals surface area contributed by atoms with Crippen LogP contribution in [0, 0.1) is 5.41 Å². The maximum absolute atomic E-state index is 6.31. The van der Waals surface area contributed by atoms with Crippen LogP contribution >= 0.6 is 0 Å². The summed E-state index contributed by atoms with van der Waals surface area (Å²) < 4.78 is 6.09. The Morgan fingerprint density at radius 3 is 2.19 bits per heavy atom. The van der Waals surface area contributed by atoms with Crippen molar-refractivity contribution in [2.24, 2.45) is 11.1 Å². The molecular formula is C18H34N2O. The zero-order chi connectivity index (χ0) is 15.1. The maximum Gasteiger partial charge on any atom is 0.0757 e. The van der Waals surface area contributed by atoms with E-state index in [1.165, 1.54) is 51.4 Å². The van der Waals surface area contributed by atoms with Crippen LogP contribution in [0.2, 0.25) is 0 Å². The summed E-state index contributed by atoms with van der Waals surface area (Å²) in [6.07, 6.45) is 11.6. The van der Waals surface area contributed by atoms with Gasteiger partial charge in [-0.25, -0.2) is 0 Å². The zero-order valence-corrected chi connectivity index (χ0v) is 14.3. The van der Waals surface area contributed by atoms with Gasteiger partial charge in [0.15, 0.2) is 0 Å². The molecule has 3 rings (SSSR count). The van der Waals surface area contributed by atoms with Gasteiger partial charge in [0.25, 0.3) is 0 Å². The van der Waals surface area contributed by atoms with Gasteiger partial charge in [-0.1, -0.05) is 12.8 Å². The van der Waals surface area contributed by atoms with Gasteiger partial charge in [-0.15, -0.1) is 0 Å². The van der Waals surface area contributed by atoms with E-state index in [9.17, 15) is 0 Å². The summed E-state index contributed by atoms with van der Waals surface area (Å²) in [6.45, 7) is 9.54. The van der Waals surface area contributed by atoms with Crippen molar-refractivity contribution >= 4 is 0 Å². The molecule has 1 unspecified atom stereocenters. The van der Waals surface area contributed by atoms with Gasteiger partial charge in [-0.05, 0) is 64.7 Å². The molecule has 3 nitrogen and oxygen atoms in total. The number of ether oxygens (including phenoxy) is 1. The molecule has 0 radical (unpaired) electrons. The molecule has 122 valence electrons. The van der Waals surface area contributed by atoms with Gasteiger partial charge in [-0.2, -0.15) is 0 Å². The van der Waals surface area contributed by atoms with Crippen LogP contribution in [0.15, 0.2) is 0 Å². The van der Waals surface area contributed by atoms with E-state index in [1.807, 2.05) is 0 Å². The molecule has 0 aromatic carbocycles. The van der Waals surface area contributed by atoms with Crippen LogP contribution < -0.4 is 5.73 Å². The van der Waals surface area contributed by atoms with E-state index in [1.54, 1.807) is 0 Å². The minimum atomic E-state index is -0.0394. The van der Waals surface area contributed by atoms with Crippen molar-refractivity contribution in [3.05, 3.63) is 0 Å². The molecule has 1 heterocycles. The molecule has 2 aliphatic carbocycles. The summed E-state index contributed by atoms with van der Waals surface area (Å²) in [7, 11) is 0. The van der Waals surface area contributed by atoms with Crippen LogP contribution in [0.3, 0.4) is 0 Å². The topological polar surface area (TPSA) is 38.5 Å². The zero-order valence-electron chi connectivity index (χ0n) is 14.3. The monoisotopic (exact) mass is 294 g/mol. The average Bonchev–Trinajstić information content (AvgIpc) is 2.86. The number of nitrogens with two attached hydrogens (primary N) is 1. The lowest BCUT2D eigenvalue weighted by molar-refractivity contribution is -0.160. The second-order valence-corrected chi connectivity index (χ2v) is 8.70. The van der Waals surface area contributed by atoms with Gasteiger partial charge in [0.05, 0.1) is 11.7 Å². The number of nitrogens with zero attached hydrogens (tertiary/aromatic N) is 1. The van der Waals surface area contributed by atoms with Crippen LogP contribution in [0.1, 0.15) is 72.1 Å². The van der Waals surface area contributed by atoms with Crippen LogP contribution in [-0.2, 0) is 4.74 Å². The summed E-state index contributed by atoms with van der Waals surface area (Å²) in [4.78, 5) is 2.68. The molecule has 2 N–H and O–H groups in total. The molecule has 0 aromatic heterocycles. The first-order valence-electron chi connectivity index (χ1n) is 9.02. The highest BCUT2D eigenvalue weighted by Gasteiger charge is 2.48. The SMILES string of the molecule is CC1CN(C2(CN)CCC3(CCCC3)CC2)CC(C)(C)O1. The number of hydrogen-bond acceptors (Lipinski definition) is 3. The fraction of sp³-hybridized carbons (Fsp3) is 1.00. The second kappa shape index (κ2) is 5.50. The van der Waals surface area contributed by atoms with Crippen molar-refractivity contribution in [3.8, 4) is 0 Å². The Hall–Kier alpha value is -0.120. The molecule has 1 saturated heterocycles. The largest absolute Gasteiger partial charge is 0.370 e. The van der Waals surface area contributed by atoms with E-state index < -0.39 is 0 Å². The highest BCUT2D eigenvalue weighted by Crippen LogP contribution is 2.52. The summed E-state index contributed by atoms with van der Waals surface area (Å²) in [5.74, 6) is 0. The molecule has 1 atom stereocenters. The van der Waals surface area contributed by atoms with E-state index in [2.05, 4.69) is 25.7 Å². The first-order chi connectivity index (χ1) is 9.89. The lowest BCUT2D eigenvalue weighted by atomic mass is 9.65. The van der Waals surface area contributed by atoms with Gasteiger partial charge < -0.3 is 10.5 Å². The number of morpholine rings is 1. The van der Waals surface area contributed by atoms with Gasteiger partial charge in [-0.3, -0.25) is 4.90 Å². The first-order valence-corrected chi connectivity index (χ1v) is 9.02. The van der Waals surface area contributed by atoms with Gasteiger partial charge in [0, 0.05) is 25.2 Å². The summed E-state index contributed by atoms with van der Waals surface area (Å²) in [6, 6.07) is 0. The van der Waals surface area contributed by atoms with Crippen molar-refractivity contribution in [2.75, 3.05) is 19.6 Å². The molecule has 1 spiro atoms. The van der Waals surface area contributed by atoms with Gasteiger partial charge in [0.1, 0.15) is 0 Å². The number of hydrogen-bond donors (Lipinski definition) is 1. The van der Waals surface area contributed by atoms with Crippen molar-refractivity contribution in [1.82, 2.24) is 4.90 Å². The Morgan fingerprint density at radius 2 is 1.67 bits per heavy atom. The highest BCUT2D eigenvalue weighted by atomic mass is 16.5. The fourth-order valence-electron chi connectivity index (χ4n) is 5.34. The lowest BCUT2D eigenvalue weighted by Crippen LogP contribution is -2.64. The molecule has 3 heteroatoms. The van der Waals surface area contributed by atoms with Crippen molar-refractivity contribution in [2.45, 2.75) is 89.4 Å². The van der Waals surface area contributed by atoms with Gasteiger partial charge in [0.2, 0.25) is 0 Å². The van der Waals surface area contributed by atoms with E-state index in [-0.39, 0.29) is 11.1 Å². The molecule has 2 saturated carbocycles. The standard InChI is InChI=1S/C18H34N2O/c1-15-12-20(14-16(2,3)21-15)18(13-19)10-8-17(9-11-18)6-4-5-7-17/h15H,4-14,19H2,1-3H3. The Morgan fingerprint density at radius 1 is 1.05 bits per heavy atom. The minimum Gasteiger partial charge on any atom is -0.370 e. The molecule has 3 aliphatic rings. The highest BCUT2D eigenvalue weighted by molar-refractivity contribution is 5.03. The van der Waals surface area contributed by atoms with Crippen molar-refractivity contribution in [3.63, 3.8) is 0 Å². The molecule has 0 aromatic rings. The number of rotatable bonds is 2. The van der Waals surface area contributed by atoms with Crippen molar-refractivity contribution in [1.29, 1.82) is 0 Å². The quantitative estimate of drug-likeness (QED) is 0.849. The van der Waals surface area contributed by atoms with E-state index in [0.717, 1.165) is 19.6 Å². The third kappa shape index (κ3) is 3.02. The molecule has 0 bridgehead atoms. The average molecular weight is 294 g/mol. The predicted molar refractivity (Wildman–Crippen MR) is 87.4 cm³/mol. The molecule has 0 amide bonds. The third-order valence-corrected chi connectivity index (χ3v) is 6.53. The smallest absolute Gasteiger partial charge is 0.0757 e. The van der Waals surface area contributed by atoms with Crippen LogP contribution in [0.25, 0.3) is 0 Å². The molecular weight excluding hydrogens is 260 g/mol. The summed E-state index contributed by atoms with van der Waals surface area (Å²) in [5.41, 5.74) is 7.19. The summed E-state index contributed by atoms with van der Waals surface area (Å²) >= 11 is 0. The van der Waals surface area contributed by atoms with Crippen LogP contribution in [0.5, 0.6) is 0 Å². The van der Waals surface area contributed by atoms with E-state index in [0.29, 0.717) is 11.5 Å².